The molecule has 0 spiro atoms. The maximum atomic E-state index is 11.7. The van der Waals surface area contributed by atoms with Gasteiger partial charge in [0.1, 0.15) is 0 Å². The van der Waals surface area contributed by atoms with Crippen LogP contribution in [0.1, 0.15) is 98.3 Å². The minimum absolute atomic E-state index is 0.0673. The van der Waals surface area contributed by atoms with Gasteiger partial charge in [-0.05, 0) is 104 Å². The Hall–Kier alpha value is -0.0800. The highest BCUT2D eigenvalue weighted by atomic mass is 16.3. The normalized spacial score (nSPS) is 51.9. The van der Waals surface area contributed by atoms with Crippen molar-refractivity contribution in [2.45, 2.75) is 104 Å². The van der Waals surface area contributed by atoms with Gasteiger partial charge in [-0.2, -0.15) is 0 Å². The summed E-state index contributed by atoms with van der Waals surface area (Å²) >= 11 is 0. The van der Waals surface area contributed by atoms with E-state index in [0.29, 0.717) is 35.2 Å². The SMILES string of the molecule is CC[C@H]1[C@@H](O)[C@@H]2[C@H](CC[C@]3(C)[C@@H]([C@H](C)CCCO)CC[C@@H]23)[C@@]2(C)CCCC[C@@H]12. The van der Waals surface area contributed by atoms with Crippen molar-refractivity contribution in [3.05, 3.63) is 0 Å². The minimum Gasteiger partial charge on any atom is -0.396 e. The molecule has 2 N–H and O–H groups in total. The third-order valence-electron chi connectivity index (χ3n) is 10.9. The summed E-state index contributed by atoms with van der Waals surface area (Å²) in [7, 11) is 0. The third-order valence-corrected chi connectivity index (χ3v) is 10.9. The van der Waals surface area contributed by atoms with E-state index in [1.165, 1.54) is 51.4 Å². The fraction of sp³-hybridized carbons (Fsp3) is 1.00. The molecule has 28 heavy (non-hydrogen) atoms. The minimum atomic E-state index is -0.0673. The second-order valence-corrected chi connectivity index (χ2v) is 11.8. The van der Waals surface area contributed by atoms with Gasteiger partial charge in [-0.25, -0.2) is 0 Å². The zero-order chi connectivity index (χ0) is 20.1. The van der Waals surface area contributed by atoms with Crippen LogP contribution in [0.2, 0.25) is 0 Å². The van der Waals surface area contributed by atoms with Crippen LogP contribution in [0.4, 0.5) is 0 Å². The summed E-state index contributed by atoms with van der Waals surface area (Å²) < 4.78 is 0. The summed E-state index contributed by atoms with van der Waals surface area (Å²) in [6.45, 7) is 10.3. The fourth-order valence-electron chi connectivity index (χ4n) is 9.63. The number of fused-ring (bicyclic) bond motifs is 5. The fourth-order valence-corrected chi connectivity index (χ4v) is 9.63. The molecule has 2 heteroatoms. The van der Waals surface area contributed by atoms with E-state index in [4.69, 9.17) is 0 Å². The van der Waals surface area contributed by atoms with E-state index in [1.807, 2.05) is 0 Å². The van der Waals surface area contributed by atoms with Crippen molar-refractivity contribution in [1.82, 2.24) is 0 Å². The molecule has 0 aromatic carbocycles. The summed E-state index contributed by atoms with van der Waals surface area (Å²) in [6.07, 6.45) is 14.2. The molecule has 2 nitrogen and oxygen atoms in total. The molecule has 0 radical (unpaired) electrons. The predicted octanol–water partition coefficient (Wildman–Crippen LogP) is 6.05. The molecular formula is C26H46O2. The van der Waals surface area contributed by atoms with E-state index < -0.39 is 0 Å². The second-order valence-electron chi connectivity index (χ2n) is 11.8. The molecule has 0 aromatic heterocycles. The maximum absolute atomic E-state index is 11.7. The van der Waals surface area contributed by atoms with Crippen molar-refractivity contribution < 1.29 is 10.2 Å². The lowest BCUT2D eigenvalue weighted by Crippen LogP contribution is -2.61. The molecule has 4 aliphatic carbocycles. The van der Waals surface area contributed by atoms with Crippen molar-refractivity contribution in [1.29, 1.82) is 0 Å². The quantitative estimate of drug-likeness (QED) is 0.600. The number of rotatable bonds is 5. The first-order valence-electron chi connectivity index (χ1n) is 12.7. The van der Waals surface area contributed by atoms with Crippen molar-refractivity contribution in [3.8, 4) is 0 Å². The average molecular weight is 391 g/mol. The monoisotopic (exact) mass is 390 g/mol. The van der Waals surface area contributed by atoms with Gasteiger partial charge in [0.25, 0.3) is 0 Å². The van der Waals surface area contributed by atoms with Gasteiger partial charge >= 0.3 is 0 Å². The zero-order valence-electron chi connectivity index (χ0n) is 19.0. The Morgan fingerprint density at radius 1 is 0.929 bits per heavy atom. The maximum Gasteiger partial charge on any atom is 0.0605 e. The molecule has 4 aliphatic rings. The first-order valence-corrected chi connectivity index (χ1v) is 12.7. The van der Waals surface area contributed by atoms with Gasteiger partial charge in [0.05, 0.1) is 6.10 Å². The Morgan fingerprint density at radius 3 is 2.39 bits per heavy atom. The largest absolute Gasteiger partial charge is 0.396 e. The van der Waals surface area contributed by atoms with Gasteiger partial charge in [0.15, 0.2) is 0 Å². The van der Waals surface area contributed by atoms with Crippen LogP contribution in [-0.2, 0) is 0 Å². The smallest absolute Gasteiger partial charge is 0.0605 e. The van der Waals surface area contributed by atoms with Crippen molar-refractivity contribution in [2.75, 3.05) is 6.61 Å². The highest BCUT2D eigenvalue weighted by Crippen LogP contribution is 2.69. The molecule has 4 saturated carbocycles. The van der Waals surface area contributed by atoms with E-state index in [-0.39, 0.29) is 6.10 Å². The van der Waals surface area contributed by atoms with Gasteiger partial charge in [-0.15, -0.1) is 0 Å². The standard InChI is InChI=1S/C26H46O2/c1-5-18-20-10-6-7-14-25(20,3)22-13-15-26(4)19(17(2)9-8-16-27)11-12-21(26)23(22)24(18)28/h17-24,27-28H,5-16H2,1-4H3/t17-,18-,19-,20+,21+,22+,23+,24-,25+,26-/m1/s1. The molecular weight excluding hydrogens is 344 g/mol. The number of aliphatic hydroxyl groups is 2. The number of aliphatic hydroxyl groups excluding tert-OH is 2. The van der Waals surface area contributed by atoms with Crippen LogP contribution in [0.15, 0.2) is 0 Å². The van der Waals surface area contributed by atoms with E-state index >= 15 is 0 Å². The van der Waals surface area contributed by atoms with Crippen molar-refractivity contribution in [3.63, 3.8) is 0 Å². The van der Waals surface area contributed by atoms with Gasteiger partial charge in [-0.1, -0.05) is 47.0 Å². The molecule has 0 bridgehead atoms. The number of hydrogen-bond donors (Lipinski definition) is 2. The number of hydrogen-bond acceptors (Lipinski definition) is 2. The van der Waals surface area contributed by atoms with Crippen LogP contribution in [0.5, 0.6) is 0 Å². The Labute approximate surface area is 173 Å². The summed E-state index contributed by atoms with van der Waals surface area (Å²) in [5.41, 5.74) is 0.887. The highest BCUT2D eigenvalue weighted by molar-refractivity contribution is 5.13. The molecule has 162 valence electrons. The summed E-state index contributed by atoms with van der Waals surface area (Å²) in [6, 6.07) is 0. The van der Waals surface area contributed by atoms with E-state index in [0.717, 1.165) is 42.9 Å². The molecule has 0 saturated heterocycles. The summed E-state index contributed by atoms with van der Waals surface area (Å²) in [4.78, 5) is 0. The first-order chi connectivity index (χ1) is 13.4. The van der Waals surface area contributed by atoms with Crippen LogP contribution in [0, 0.1) is 52.3 Å². The molecule has 0 heterocycles. The Balaban J connectivity index is 1.63. The lowest BCUT2D eigenvalue weighted by molar-refractivity contribution is -0.194. The van der Waals surface area contributed by atoms with Crippen LogP contribution >= 0.6 is 0 Å². The molecule has 4 rings (SSSR count). The molecule has 0 aliphatic heterocycles. The Bertz CT molecular complexity index is 547. The predicted molar refractivity (Wildman–Crippen MR) is 116 cm³/mol. The first kappa shape index (κ1) is 21.2. The van der Waals surface area contributed by atoms with Crippen LogP contribution in [0.25, 0.3) is 0 Å². The Kier molecular flexibility index (Phi) is 5.95. The van der Waals surface area contributed by atoms with Crippen molar-refractivity contribution in [2.24, 2.45) is 52.3 Å². The summed E-state index contributed by atoms with van der Waals surface area (Å²) in [5.74, 6) is 4.79. The Morgan fingerprint density at radius 2 is 1.68 bits per heavy atom. The highest BCUT2D eigenvalue weighted by Gasteiger charge is 2.64. The molecule has 4 fully saturated rings. The van der Waals surface area contributed by atoms with Gasteiger partial charge in [0, 0.05) is 6.61 Å². The lowest BCUT2D eigenvalue weighted by atomic mass is 9.41. The van der Waals surface area contributed by atoms with Crippen molar-refractivity contribution >= 4 is 0 Å². The third kappa shape index (κ3) is 3.03. The molecule has 0 unspecified atom stereocenters. The van der Waals surface area contributed by atoms with E-state index in [9.17, 15) is 10.2 Å². The van der Waals surface area contributed by atoms with Crippen LogP contribution < -0.4 is 0 Å². The average Bonchev–Trinajstić information content (AvgIpc) is 3.04. The second kappa shape index (κ2) is 7.88. The van der Waals surface area contributed by atoms with Gasteiger partial charge in [0.2, 0.25) is 0 Å². The lowest BCUT2D eigenvalue weighted by Gasteiger charge is -2.64. The van der Waals surface area contributed by atoms with E-state index in [1.54, 1.807) is 0 Å². The van der Waals surface area contributed by atoms with Gasteiger partial charge < -0.3 is 10.2 Å². The van der Waals surface area contributed by atoms with Crippen LogP contribution in [-0.4, -0.2) is 22.9 Å². The summed E-state index contributed by atoms with van der Waals surface area (Å²) in [5, 5.41) is 21.0. The van der Waals surface area contributed by atoms with Gasteiger partial charge in [-0.3, -0.25) is 0 Å². The topological polar surface area (TPSA) is 40.5 Å². The zero-order valence-corrected chi connectivity index (χ0v) is 19.0. The van der Waals surface area contributed by atoms with Crippen LogP contribution in [0.3, 0.4) is 0 Å². The molecule has 0 aromatic rings. The molecule has 0 amide bonds. The molecule has 10 atom stereocenters. The van der Waals surface area contributed by atoms with E-state index in [2.05, 4.69) is 27.7 Å².